The zero-order valence-electron chi connectivity index (χ0n) is 19.7. The summed E-state index contributed by atoms with van der Waals surface area (Å²) in [4.78, 5) is 27.3. The first-order valence-electron chi connectivity index (χ1n) is 10.9. The zero-order chi connectivity index (χ0) is 24.4. The number of benzene rings is 2. The fraction of sp³-hybridized carbons (Fsp3) is 0.417. The van der Waals surface area contributed by atoms with Gasteiger partial charge in [-0.05, 0) is 50.1 Å². The number of methoxy groups -OCH3 is 1. The van der Waals surface area contributed by atoms with Crippen LogP contribution in [0.1, 0.15) is 32.3 Å². The average Bonchev–Trinajstić information content (AvgIpc) is 2.82. The van der Waals surface area contributed by atoms with Crippen molar-refractivity contribution >= 4 is 21.8 Å². The summed E-state index contributed by atoms with van der Waals surface area (Å²) >= 11 is 0. The van der Waals surface area contributed by atoms with Gasteiger partial charge in [-0.3, -0.25) is 9.59 Å². The molecule has 0 aliphatic carbocycles. The van der Waals surface area contributed by atoms with Crippen LogP contribution in [0.5, 0.6) is 5.75 Å². The van der Waals surface area contributed by atoms with Gasteiger partial charge in [0.1, 0.15) is 11.8 Å². The van der Waals surface area contributed by atoms with Gasteiger partial charge in [0, 0.05) is 33.1 Å². The number of rotatable bonds is 12. The predicted octanol–water partition coefficient (Wildman–Crippen LogP) is 2.65. The highest BCUT2D eigenvalue weighted by Gasteiger charge is 2.26. The molecule has 0 saturated carbocycles. The molecule has 1 N–H and O–H groups in total. The minimum absolute atomic E-state index is 0.113. The van der Waals surface area contributed by atoms with Gasteiger partial charge in [0.25, 0.3) is 0 Å². The molecule has 0 aliphatic rings. The Morgan fingerprint density at radius 2 is 1.79 bits per heavy atom. The number of nitrogens with one attached hydrogen (secondary N) is 1. The first-order valence-corrected chi connectivity index (χ1v) is 12.4. The lowest BCUT2D eigenvalue weighted by Crippen LogP contribution is -2.47. The van der Waals surface area contributed by atoms with Crippen LogP contribution >= 0.6 is 0 Å². The number of ether oxygens (including phenoxy) is 1. The van der Waals surface area contributed by atoms with Gasteiger partial charge in [0.05, 0.1) is 12.0 Å². The van der Waals surface area contributed by atoms with Gasteiger partial charge in [-0.25, -0.2) is 12.7 Å². The predicted molar refractivity (Wildman–Crippen MR) is 127 cm³/mol. The van der Waals surface area contributed by atoms with E-state index < -0.39 is 16.1 Å². The van der Waals surface area contributed by atoms with Gasteiger partial charge in [-0.15, -0.1) is 0 Å². The number of hydrogen-bond donors (Lipinski definition) is 1. The molecular weight excluding hydrogens is 442 g/mol. The zero-order valence-corrected chi connectivity index (χ0v) is 20.5. The monoisotopic (exact) mass is 475 g/mol. The first kappa shape index (κ1) is 26.3. The smallest absolute Gasteiger partial charge is 0.242 e. The summed E-state index contributed by atoms with van der Waals surface area (Å²) in [6.07, 6.45) is 0.445. The van der Waals surface area contributed by atoms with Crippen molar-refractivity contribution in [3.63, 3.8) is 0 Å². The fourth-order valence-corrected chi connectivity index (χ4v) is 4.59. The standard InChI is InChI=1S/C24H33N3O5S/c1-5-25-24(29)19(2)27(18-20-11-9-12-21(17-20)32-4)23(28)15-10-16-26(3)33(30,31)22-13-7-6-8-14-22/h6-9,11-14,17,19H,5,10,15-16,18H2,1-4H3,(H,25,29). The maximum atomic E-state index is 13.1. The number of carbonyl (C=O) groups excluding carboxylic acids is 2. The molecule has 2 amide bonds. The summed E-state index contributed by atoms with van der Waals surface area (Å²) in [6.45, 7) is 4.40. The number of likely N-dealkylation sites (N-methyl/N-ethyl adjacent to an activating group) is 1. The molecule has 0 radical (unpaired) electrons. The summed E-state index contributed by atoms with van der Waals surface area (Å²) in [5.41, 5.74) is 0.836. The molecule has 0 aliphatic heterocycles. The molecule has 8 nitrogen and oxygen atoms in total. The van der Waals surface area contributed by atoms with Gasteiger partial charge >= 0.3 is 0 Å². The molecule has 180 valence electrons. The van der Waals surface area contributed by atoms with Gasteiger partial charge < -0.3 is 15.0 Å². The van der Waals surface area contributed by atoms with E-state index in [1.807, 2.05) is 31.2 Å². The molecule has 9 heteroatoms. The SMILES string of the molecule is CCNC(=O)C(C)N(Cc1cccc(OC)c1)C(=O)CCCN(C)S(=O)(=O)c1ccccc1. The normalized spacial score (nSPS) is 12.3. The van der Waals surface area contributed by atoms with Crippen LogP contribution in [-0.4, -0.2) is 62.7 Å². The van der Waals surface area contributed by atoms with E-state index in [9.17, 15) is 18.0 Å². The molecule has 0 heterocycles. The van der Waals surface area contributed by atoms with Crippen molar-refractivity contribution in [1.29, 1.82) is 0 Å². The Balaban J connectivity index is 2.08. The van der Waals surface area contributed by atoms with E-state index >= 15 is 0 Å². The maximum Gasteiger partial charge on any atom is 0.242 e. The second kappa shape index (κ2) is 12.4. The number of nitrogens with zero attached hydrogens (tertiary/aromatic N) is 2. The van der Waals surface area contributed by atoms with Crippen molar-refractivity contribution in [3.8, 4) is 5.75 Å². The largest absolute Gasteiger partial charge is 0.497 e. The van der Waals surface area contributed by atoms with Crippen LogP contribution in [0.15, 0.2) is 59.5 Å². The molecule has 0 bridgehead atoms. The Morgan fingerprint density at radius 3 is 2.42 bits per heavy atom. The number of hydrogen-bond acceptors (Lipinski definition) is 5. The van der Waals surface area contributed by atoms with E-state index in [4.69, 9.17) is 4.74 Å². The summed E-state index contributed by atoms with van der Waals surface area (Å²) in [6, 6.07) is 14.8. The Labute approximate surface area is 196 Å². The molecule has 33 heavy (non-hydrogen) atoms. The molecule has 2 aromatic carbocycles. The molecule has 2 rings (SSSR count). The third kappa shape index (κ3) is 7.30. The van der Waals surface area contributed by atoms with Crippen molar-refractivity contribution < 1.29 is 22.7 Å². The molecular formula is C24H33N3O5S. The van der Waals surface area contributed by atoms with Gasteiger partial charge in [0.2, 0.25) is 21.8 Å². The number of sulfonamides is 1. The summed E-state index contributed by atoms with van der Waals surface area (Å²) in [7, 11) is -0.553. The molecule has 1 unspecified atom stereocenters. The maximum absolute atomic E-state index is 13.1. The van der Waals surface area contributed by atoms with Crippen LogP contribution in [0.3, 0.4) is 0 Å². The van der Waals surface area contributed by atoms with Gasteiger partial charge in [0.15, 0.2) is 0 Å². The highest BCUT2D eigenvalue weighted by atomic mass is 32.2. The van der Waals surface area contributed by atoms with Crippen LogP contribution in [0.25, 0.3) is 0 Å². The van der Waals surface area contributed by atoms with E-state index in [0.717, 1.165) is 5.56 Å². The average molecular weight is 476 g/mol. The molecule has 2 aromatic rings. The molecule has 0 spiro atoms. The third-order valence-electron chi connectivity index (χ3n) is 5.32. The second-order valence-electron chi connectivity index (χ2n) is 7.69. The van der Waals surface area contributed by atoms with Crippen molar-refractivity contribution in [2.24, 2.45) is 0 Å². The molecule has 0 aromatic heterocycles. The Hall–Kier alpha value is -2.91. The van der Waals surface area contributed by atoms with Crippen LogP contribution in [0.2, 0.25) is 0 Å². The van der Waals surface area contributed by atoms with Crippen molar-refractivity contribution in [3.05, 3.63) is 60.2 Å². The minimum Gasteiger partial charge on any atom is -0.497 e. The quantitative estimate of drug-likeness (QED) is 0.509. The lowest BCUT2D eigenvalue weighted by Gasteiger charge is -2.29. The van der Waals surface area contributed by atoms with Gasteiger partial charge in [-0.1, -0.05) is 30.3 Å². The summed E-state index contributed by atoms with van der Waals surface area (Å²) in [5.74, 6) is 0.206. The van der Waals surface area contributed by atoms with Crippen LogP contribution < -0.4 is 10.1 Å². The van der Waals surface area contributed by atoms with E-state index in [1.54, 1.807) is 44.4 Å². The van der Waals surface area contributed by atoms with E-state index in [-0.39, 0.29) is 36.2 Å². The summed E-state index contributed by atoms with van der Waals surface area (Å²) < 4.78 is 31.9. The fourth-order valence-electron chi connectivity index (χ4n) is 3.36. The Morgan fingerprint density at radius 1 is 1.09 bits per heavy atom. The first-order chi connectivity index (χ1) is 15.7. The molecule has 0 saturated heterocycles. The van der Waals surface area contributed by atoms with Crippen LogP contribution in [0.4, 0.5) is 0 Å². The van der Waals surface area contributed by atoms with Crippen molar-refractivity contribution in [2.75, 3.05) is 27.2 Å². The second-order valence-corrected chi connectivity index (χ2v) is 9.73. The van der Waals surface area contributed by atoms with Crippen LogP contribution in [-0.2, 0) is 26.2 Å². The molecule has 0 fully saturated rings. The number of carbonyl (C=O) groups is 2. The highest BCUT2D eigenvalue weighted by molar-refractivity contribution is 7.89. The van der Waals surface area contributed by atoms with Crippen LogP contribution in [0, 0.1) is 0 Å². The summed E-state index contributed by atoms with van der Waals surface area (Å²) in [5, 5.41) is 2.76. The van der Waals surface area contributed by atoms with Crippen molar-refractivity contribution in [1.82, 2.24) is 14.5 Å². The van der Waals surface area contributed by atoms with E-state index in [2.05, 4.69) is 5.32 Å². The topological polar surface area (TPSA) is 96.0 Å². The minimum atomic E-state index is -3.62. The Kier molecular flexibility index (Phi) is 9.87. The third-order valence-corrected chi connectivity index (χ3v) is 7.19. The van der Waals surface area contributed by atoms with Gasteiger partial charge in [-0.2, -0.15) is 0 Å². The lowest BCUT2D eigenvalue weighted by atomic mass is 10.1. The lowest BCUT2D eigenvalue weighted by molar-refractivity contribution is -0.140. The molecule has 1 atom stereocenters. The Bertz CT molecular complexity index is 1030. The number of amides is 2. The van der Waals surface area contributed by atoms with Crippen molar-refractivity contribution in [2.45, 2.75) is 44.2 Å². The van der Waals surface area contributed by atoms with E-state index in [1.165, 1.54) is 16.3 Å². The van der Waals surface area contributed by atoms with E-state index in [0.29, 0.717) is 18.7 Å². The highest BCUT2D eigenvalue weighted by Crippen LogP contribution is 2.18.